The molecule has 0 bridgehead atoms. The van der Waals surface area contributed by atoms with Crippen molar-refractivity contribution >= 4 is 11.9 Å². The number of amides is 1. The van der Waals surface area contributed by atoms with Crippen LogP contribution in [0.1, 0.15) is 63.5 Å². The second-order valence-electron chi connectivity index (χ2n) is 7.95. The summed E-state index contributed by atoms with van der Waals surface area (Å²) in [7, 11) is 0. The molecular formula is C22H34N4O. The van der Waals surface area contributed by atoms with Crippen LogP contribution in [0.25, 0.3) is 0 Å². The van der Waals surface area contributed by atoms with E-state index < -0.39 is 0 Å². The highest BCUT2D eigenvalue weighted by Crippen LogP contribution is 2.43. The molecule has 1 heterocycles. The molecule has 0 spiro atoms. The molecule has 0 atom stereocenters. The summed E-state index contributed by atoms with van der Waals surface area (Å²) >= 11 is 0. The highest BCUT2D eigenvalue weighted by atomic mass is 16.2. The van der Waals surface area contributed by atoms with Crippen molar-refractivity contribution in [2.45, 2.75) is 65.5 Å². The molecule has 148 valence electrons. The fraction of sp³-hybridized carbons (Fsp3) is 0.636. The Morgan fingerprint density at radius 1 is 1.15 bits per heavy atom. The second-order valence-corrected chi connectivity index (χ2v) is 7.95. The molecule has 2 N–H and O–H groups in total. The van der Waals surface area contributed by atoms with Crippen LogP contribution in [0.5, 0.6) is 0 Å². The first kappa shape index (κ1) is 19.7. The van der Waals surface area contributed by atoms with Crippen molar-refractivity contribution in [3.63, 3.8) is 0 Å². The monoisotopic (exact) mass is 370 g/mol. The maximum atomic E-state index is 12.5. The molecule has 2 aliphatic rings. The number of rotatable bonds is 8. The van der Waals surface area contributed by atoms with Gasteiger partial charge in [-0.25, -0.2) is 0 Å². The molecule has 0 radical (unpaired) electrons. The number of hydrogen-bond acceptors (Lipinski definition) is 2. The fourth-order valence-electron chi connectivity index (χ4n) is 4.00. The number of fused-ring (bicyclic) bond motifs is 1. The van der Waals surface area contributed by atoms with Crippen molar-refractivity contribution in [1.82, 2.24) is 15.5 Å². The molecule has 1 aromatic rings. The summed E-state index contributed by atoms with van der Waals surface area (Å²) in [5.41, 5.74) is 3.00. The summed E-state index contributed by atoms with van der Waals surface area (Å²) in [5, 5.41) is 6.72. The van der Waals surface area contributed by atoms with Crippen LogP contribution in [0, 0.1) is 5.41 Å². The van der Waals surface area contributed by atoms with Crippen LogP contribution >= 0.6 is 0 Å². The van der Waals surface area contributed by atoms with Gasteiger partial charge in [0.1, 0.15) is 0 Å². The molecule has 5 nitrogen and oxygen atoms in total. The summed E-state index contributed by atoms with van der Waals surface area (Å²) in [6.07, 6.45) is 6.57. The van der Waals surface area contributed by atoms with E-state index in [-0.39, 0.29) is 5.91 Å². The average Bonchev–Trinajstić information content (AvgIpc) is 3.08. The van der Waals surface area contributed by atoms with E-state index in [4.69, 9.17) is 4.99 Å². The first-order valence-electron chi connectivity index (χ1n) is 10.5. The Morgan fingerprint density at radius 2 is 1.85 bits per heavy atom. The van der Waals surface area contributed by atoms with Crippen molar-refractivity contribution in [3.05, 3.63) is 35.4 Å². The molecular weight excluding hydrogens is 336 g/mol. The molecule has 0 saturated heterocycles. The minimum absolute atomic E-state index is 0.245. The van der Waals surface area contributed by atoms with E-state index >= 15 is 0 Å². The molecule has 3 rings (SSSR count). The second kappa shape index (κ2) is 9.25. The minimum Gasteiger partial charge on any atom is -0.357 e. The predicted molar refractivity (Wildman–Crippen MR) is 110 cm³/mol. The van der Waals surface area contributed by atoms with Gasteiger partial charge >= 0.3 is 0 Å². The molecule has 0 aromatic heterocycles. The standard InChI is InChI=1S/C22H34N4O/c1-3-22(12-8-13-22)17-25-21(23-4-2)24-14-7-11-20(27)26-15-18-9-5-6-10-19(18)16-26/h5-6,9-10H,3-4,7-8,11-17H2,1-2H3,(H2,23,24,25). The maximum Gasteiger partial charge on any atom is 0.223 e. The van der Waals surface area contributed by atoms with Gasteiger partial charge in [0.2, 0.25) is 5.91 Å². The summed E-state index contributed by atoms with van der Waals surface area (Å²) < 4.78 is 0. The number of nitrogens with one attached hydrogen (secondary N) is 2. The third kappa shape index (κ3) is 5.02. The molecule has 0 unspecified atom stereocenters. The fourth-order valence-corrected chi connectivity index (χ4v) is 4.00. The van der Waals surface area contributed by atoms with Gasteiger partial charge in [-0.15, -0.1) is 0 Å². The highest BCUT2D eigenvalue weighted by Gasteiger charge is 2.34. The lowest BCUT2D eigenvalue weighted by molar-refractivity contribution is -0.131. The minimum atomic E-state index is 0.245. The zero-order valence-electron chi connectivity index (χ0n) is 16.9. The first-order valence-corrected chi connectivity index (χ1v) is 10.5. The first-order chi connectivity index (χ1) is 13.2. The molecule has 1 saturated carbocycles. The Hall–Kier alpha value is -2.04. The Kier molecular flexibility index (Phi) is 6.75. The topological polar surface area (TPSA) is 56.7 Å². The molecule has 5 heteroatoms. The SMILES string of the molecule is CCNC(=NCC1(CC)CCC1)NCCCC(=O)N1Cc2ccccc2C1. The molecule has 27 heavy (non-hydrogen) atoms. The van der Waals surface area contributed by atoms with E-state index in [1.807, 2.05) is 17.0 Å². The Morgan fingerprint density at radius 3 is 2.41 bits per heavy atom. The molecule has 1 aliphatic heterocycles. The Labute approximate surface area is 163 Å². The number of benzene rings is 1. The lowest BCUT2D eigenvalue weighted by Crippen LogP contribution is -2.40. The number of hydrogen-bond donors (Lipinski definition) is 2. The Bertz CT molecular complexity index is 636. The average molecular weight is 371 g/mol. The van der Waals surface area contributed by atoms with Crippen LogP contribution in [-0.4, -0.2) is 36.4 Å². The van der Waals surface area contributed by atoms with Gasteiger partial charge in [-0.05, 0) is 49.1 Å². The smallest absolute Gasteiger partial charge is 0.223 e. The van der Waals surface area contributed by atoms with Crippen molar-refractivity contribution < 1.29 is 4.79 Å². The number of nitrogens with zero attached hydrogens (tertiary/aromatic N) is 2. The van der Waals surface area contributed by atoms with E-state index in [0.717, 1.165) is 45.1 Å². The van der Waals surface area contributed by atoms with Crippen LogP contribution in [0.15, 0.2) is 29.3 Å². The number of guanidine groups is 1. The van der Waals surface area contributed by atoms with Gasteiger partial charge in [-0.3, -0.25) is 9.79 Å². The van der Waals surface area contributed by atoms with Crippen molar-refractivity contribution in [3.8, 4) is 0 Å². The summed E-state index contributed by atoms with van der Waals surface area (Å²) in [6, 6.07) is 8.33. The molecule has 1 fully saturated rings. The molecule has 1 aliphatic carbocycles. The lowest BCUT2D eigenvalue weighted by atomic mass is 9.67. The maximum absolute atomic E-state index is 12.5. The van der Waals surface area contributed by atoms with Gasteiger partial charge in [-0.1, -0.05) is 37.6 Å². The van der Waals surface area contributed by atoms with Crippen LogP contribution in [0.4, 0.5) is 0 Å². The largest absolute Gasteiger partial charge is 0.357 e. The van der Waals surface area contributed by atoms with Crippen molar-refractivity contribution in [2.24, 2.45) is 10.4 Å². The van der Waals surface area contributed by atoms with Gasteiger partial charge in [0.25, 0.3) is 0 Å². The molecule has 1 aromatic carbocycles. The normalized spacial score (nSPS) is 18.0. The van der Waals surface area contributed by atoms with Gasteiger partial charge in [0.15, 0.2) is 5.96 Å². The zero-order valence-corrected chi connectivity index (χ0v) is 16.9. The van der Waals surface area contributed by atoms with E-state index in [1.54, 1.807) is 0 Å². The third-order valence-corrected chi connectivity index (χ3v) is 6.13. The van der Waals surface area contributed by atoms with Gasteiger partial charge < -0.3 is 15.5 Å². The lowest BCUT2D eigenvalue weighted by Gasteiger charge is -2.40. The van der Waals surface area contributed by atoms with E-state index in [1.165, 1.54) is 36.8 Å². The van der Waals surface area contributed by atoms with E-state index in [0.29, 0.717) is 11.8 Å². The van der Waals surface area contributed by atoms with Gasteiger partial charge in [0, 0.05) is 39.1 Å². The van der Waals surface area contributed by atoms with Crippen LogP contribution in [-0.2, 0) is 17.9 Å². The number of carbonyl (C=O) groups excluding carboxylic acids is 1. The summed E-state index contributed by atoms with van der Waals surface area (Å²) in [4.78, 5) is 19.2. The van der Waals surface area contributed by atoms with E-state index in [2.05, 4.69) is 36.6 Å². The predicted octanol–water partition coefficient (Wildman–Crippen LogP) is 3.44. The Balaban J connectivity index is 1.39. The highest BCUT2D eigenvalue weighted by molar-refractivity contribution is 5.80. The third-order valence-electron chi connectivity index (χ3n) is 6.13. The zero-order chi connectivity index (χ0) is 19.1. The van der Waals surface area contributed by atoms with E-state index in [9.17, 15) is 4.79 Å². The quantitative estimate of drug-likeness (QED) is 0.419. The van der Waals surface area contributed by atoms with Crippen LogP contribution in [0.2, 0.25) is 0 Å². The van der Waals surface area contributed by atoms with Crippen molar-refractivity contribution in [1.29, 1.82) is 0 Å². The van der Waals surface area contributed by atoms with Crippen LogP contribution < -0.4 is 10.6 Å². The number of carbonyl (C=O) groups is 1. The summed E-state index contributed by atoms with van der Waals surface area (Å²) in [5.74, 6) is 1.13. The van der Waals surface area contributed by atoms with Crippen molar-refractivity contribution in [2.75, 3.05) is 19.6 Å². The number of aliphatic imine (C=N–C) groups is 1. The van der Waals surface area contributed by atoms with Gasteiger partial charge in [-0.2, -0.15) is 0 Å². The van der Waals surface area contributed by atoms with Gasteiger partial charge in [0.05, 0.1) is 0 Å². The summed E-state index contributed by atoms with van der Waals surface area (Å²) in [6.45, 7) is 8.41. The molecule has 1 amide bonds. The van der Waals surface area contributed by atoms with Crippen LogP contribution in [0.3, 0.4) is 0 Å².